The topological polar surface area (TPSA) is 75.6 Å². The number of amides is 1. The molecule has 1 aromatic carbocycles. The lowest BCUT2D eigenvalue weighted by atomic mass is 10.1. The fraction of sp³-hybridized carbons (Fsp3) is 0.333. The molecule has 1 amide bonds. The molecular weight excluding hydrogens is 258 g/mol. The highest BCUT2D eigenvalue weighted by Crippen LogP contribution is 2.09. The zero-order chi connectivity index (χ0) is 15.0. The van der Waals surface area contributed by atoms with Crippen LogP contribution in [0, 0.1) is 18.8 Å². The minimum Gasteiger partial charge on any atom is -0.469 e. The fourth-order valence-electron chi connectivity index (χ4n) is 1.61. The van der Waals surface area contributed by atoms with Crippen LogP contribution in [-0.2, 0) is 9.53 Å². The summed E-state index contributed by atoms with van der Waals surface area (Å²) in [5.74, 6) is 4.65. The summed E-state index contributed by atoms with van der Waals surface area (Å²) >= 11 is 0. The number of esters is 1. The summed E-state index contributed by atoms with van der Waals surface area (Å²) < 4.78 is 4.49. The van der Waals surface area contributed by atoms with Gasteiger partial charge in [-0.2, -0.15) is 0 Å². The predicted molar refractivity (Wildman–Crippen MR) is 74.1 cm³/mol. The van der Waals surface area contributed by atoms with E-state index >= 15 is 0 Å². The van der Waals surface area contributed by atoms with Crippen molar-refractivity contribution in [3.63, 3.8) is 0 Å². The first-order valence-electron chi connectivity index (χ1n) is 6.13. The van der Waals surface area contributed by atoms with E-state index in [9.17, 15) is 9.59 Å². The number of carbonyl (C=O) groups is 2. The monoisotopic (exact) mass is 275 g/mol. The van der Waals surface area contributed by atoms with Crippen molar-refractivity contribution in [2.45, 2.75) is 13.3 Å². The first-order chi connectivity index (χ1) is 9.56. The molecule has 0 unspecified atom stereocenters. The quantitative estimate of drug-likeness (QED) is 0.624. The number of aliphatic hydroxyl groups is 1. The van der Waals surface area contributed by atoms with E-state index in [2.05, 4.69) is 21.9 Å². The fourth-order valence-corrected chi connectivity index (χ4v) is 1.61. The van der Waals surface area contributed by atoms with Crippen molar-refractivity contribution in [2.24, 2.45) is 0 Å². The molecular formula is C15H17NO4. The zero-order valence-corrected chi connectivity index (χ0v) is 11.5. The standard InChI is InChI=1S/C15H17NO4/c1-11-8-12(4-3-7-17)10-13(9-11)15(19)16-6-5-14(18)20-2/h8-10,17H,5-7H2,1-2H3,(H,16,19). The largest absolute Gasteiger partial charge is 0.469 e. The maximum Gasteiger partial charge on any atom is 0.307 e. The van der Waals surface area contributed by atoms with Gasteiger partial charge in [0.15, 0.2) is 0 Å². The van der Waals surface area contributed by atoms with Crippen LogP contribution in [0.1, 0.15) is 27.9 Å². The Kier molecular flexibility index (Phi) is 6.27. The van der Waals surface area contributed by atoms with Gasteiger partial charge in [-0.1, -0.05) is 11.8 Å². The molecule has 1 rings (SSSR count). The molecule has 0 aliphatic rings. The molecule has 1 aromatic rings. The van der Waals surface area contributed by atoms with Crippen molar-refractivity contribution in [1.82, 2.24) is 5.32 Å². The maximum atomic E-state index is 11.9. The number of hydrogen-bond donors (Lipinski definition) is 2. The Morgan fingerprint density at radius 3 is 2.75 bits per heavy atom. The van der Waals surface area contributed by atoms with Crippen LogP contribution in [0.5, 0.6) is 0 Å². The lowest BCUT2D eigenvalue weighted by Gasteiger charge is -2.06. The van der Waals surface area contributed by atoms with E-state index in [4.69, 9.17) is 5.11 Å². The highest BCUT2D eigenvalue weighted by Gasteiger charge is 2.08. The summed E-state index contributed by atoms with van der Waals surface area (Å²) in [6.45, 7) is 1.85. The number of benzene rings is 1. The van der Waals surface area contributed by atoms with Gasteiger partial charge in [-0.3, -0.25) is 9.59 Å². The molecule has 0 spiro atoms. The first-order valence-corrected chi connectivity index (χ1v) is 6.13. The second-order valence-electron chi connectivity index (χ2n) is 4.13. The average molecular weight is 275 g/mol. The summed E-state index contributed by atoms with van der Waals surface area (Å²) in [5, 5.41) is 11.3. The molecule has 0 aliphatic heterocycles. The van der Waals surface area contributed by atoms with E-state index in [1.54, 1.807) is 12.1 Å². The molecule has 0 fully saturated rings. The third kappa shape index (κ3) is 5.12. The number of aliphatic hydroxyl groups excluding tert-OH is 1. The highest BCUT2D eigenvalue weighted by atomic mass is 16.5. The first kappa shape index (κ1) is 15.7. The Hall–Kier alpha value is -2.32. The number of ether oxygens (including phenoxy) is 1. The van der Waals surface area contributed by atoms with Crippen LogP contribution in [0.3, 0.4) is 0 Å². The molecule has 0 heterocycles. The second-order valence-corrected chi connectivity index (χ2v) is 4.13. The molecule has 0 bridgehead atoms. The summed E-state index contributed by atoms with van der Waals surface area (Å²) in [7, 11) is 1.30. The molecule has 20 heavy (non-hydrogen) atoms. The third-order valence-corrected chi connectivity index (χ3v) is 2.49. The second kappa shape index (κ2) is 7.97. The Morgan fingerprint density at radius 2 is 2.10 bits per heavy atom. The summed E-state index contributed by atoms with van der Waals surface area (Å²) in [5.41, 5.74) is 2.03. The Morgan fingerprint density at radius 1 is 1.35 bits per heavy atom. The van der Waals surface area contributed by atoms with Crippen LogP contribution in [-0.4, -0.2) is 37.2 Å². The van der Waals surface area contributed by atoms with Crippen LogP contribution < -0.4 is 5.32 Å². The van der Waals surface area contributed by atoms with Gasteiger partial charge in [-0.05, 0) is 30.7 Å². The molecule has 5 heteroatoms. The Balaban J connectivity index is 2.72. The van der Waals surface area contributed by atoms with Gasteiger partial charge in [0, 0.05) is 17.7 Å². The van der Waals surface area contributed by atoms with Gasteiger partial charge in [-0.15, -0.1) is 0 Å². The van der Waals surface area contributed by atoms with Crippen molar-refractivity contribution < 1.29 is 19.4 Å². The molecule has 106 valence electrons. The Labute approximate surface area is 117 Å². The third-order valence-electron chi connectivity index (χ3n) is 2.49. The van der Waals surface area contributed by atoms with Crippen molar-refractivity contribution in [3.8, 4) is 11.8 Å². The predicted octanol–water partition coefficient (Wildman–Crippen LogP) is 0.632. The van der Waals surface area contributed by atoms with Crippen LogP contribution in [0.15, 0.2) is 18.2 Å². The van der Waals surface area contributed by atoms with E-state index in [0.29, 0.717) is 11.1 Å². The molecule has 0 saturated carbocycles. The summed E-state index contributed by atoms with van der Waals surface area (Å²) in [6.07, 6.45) is 0.130. The van der Waals surface area contributed by atoms with Crippen LogP contribution in [0.25, 0.3) is 0 Å². The van der Waals surface area contributed by atoms with Gasteiger partial charge >= 0.3 is 5.97 Å². The van der Waals surface area contributed by atoms with E-state index in [1.165, 1.54) is 7.11 Å². The zero-order valence-electron chi connectivity index (χ0n) is 11.5. The molecule has 0 radical (unpaired) electrons. The van der Waals surface area contributed by atoms with Gasteiger partial charge < -0.3 is 15.2 Å². The molecule has 2 N–H and O–H groups in total. The van der Waals surface area contributed by atoms with Gasteiger partial charge in [0.2, 0.25) is 0 Å². The number of methoxy groups -OCH3 is 1. The van der Waals surface area contributed by atoms with Gasteiger partial charge in [0.25, 0.3) is 5.91 Å². The van der Waals surface area contributed by atoms with E-state index < -0.39 is 0 Å². The summed E-state index contributed by atoms with van der Waals surface area (Å²) in [4.78, 5) is 22.9. The number of rotatable bonds is 4. The molecule has 0 aliphatic carbocycles. The number of carbonyl (C=O) groups excluding carboxylic acids is 2. The average Bonchev–Trinajstić information content (AvgIpc) is 2.44. The van der Waals surface area contributed by atoms with E-state index in [-0.39, 0.29) is 31.4 Å². The van der Waals surface area contributed by atoms with Gasteiger partial charge in [0.05, 0.1) is 13.5 Å². The Bertz CT molecular complexity index is 555. The van der Waals surface area contributed by atoms with Crippen LogP contribution in [0.4, 0.5) is 0 Å². The van der Waals surface area contributed by atoms with Crippen LogP contribution in [0.2, 0.25) is 0 Å². The minimum absolute atomic E-state index is 0.130. The van der Waals surface area contributed by atoms with Crippen molar-refractivity contribution >= 4 is 11.9 Å². The van der Waals surface area contributed by atoms with Crippen molar-refractivity contribution in [1.29, 1.82) is 0 Å². The molecule has 0 aromatic heterocycles. The van der Waals surface area contributed by atoms with Crippen molar-refractivity contribution in [2.75, 3.05) is 20.3 Å². The molecule has 0 atom stereocenters. The molecule has 5 nitrogen and oxygen atoms in total. The molecule has 0 saturated heterocycles. The number of nitrogens with one attached hydrogen (secondary N) is 1. The number of aryl methyl sites for hydroxylation is 1. The lowest BCUT2D eigenvalue weighted by Crippen LogP contribution is -2.26. The van der Waals surface area contributed by atoms with Crippen LogP contribution >= 0.6 is 0 Å². The SMILES string of the molecule is COC(=O)CCNC(=O)c1cc(C)cc(C#CCO)c1. The summed E-state index contributed by atoms with van der Waals surface area (Å²) in [6, 6.07) is 5.20. The smallest absolute Gasteiger partial charge is 0.307 e. The van der Waals surface area contributed by atoms with Gasteiger partial charge in [-0.25, -0.2) is 0 Å². The highest BCUT2D eigenvalue weighted by molar-refractivity contribution is 5.95. The number of hydrogen-bond acceptors (Lipinski definition) is 4. The van der Waals surface area contributed by atoms with Gasteiger partial charge in [0.1, 0.15) is 6.61 Å². The minimum atomic E-state index is -0.371. The normalized spacial score (nSPS) is 9.35. The van der Waals surface area contributed by atoms with E-state index in [1.807, 2.05) is 13.0 Å². The lowest BCUT2D eigenvalue weighted by molar-refractivity contribution is -0.140. The van der Waals surface area contributed by atoms with Crippen molar-refractivity contribution in [3.05, 3.63) is 34.9 Å². The maximum absolute atomic E-state index is 11.9. The van der Waals surface area contributed by atoms with E-state index in [0.717, 1.165) is 5.56 Å².